The number of aryl methyl sites for hydroxylation is 1. The first-order valence-electron chi connectivity index (χ1n) is 8.04. The van der Waals surface area contributed by atoms with Gasteiger partial charge in [0.25, 0.3) is 0 Å². The van der Waals surface area contributed by atoms with E-state index in [2.05, 4.69) is 4.98 Å². The van der Waals surface area contributed by atoms with Crippen molar-refractivity contribution in [1.82, 2.24) is 9.55 Å². The van der Waals surface area contributed by atoms with Gasteiger partial charge < -0.3 is 4.74 Å². The van der Waals surface area contributed by atoms with Gasteiger partial charge in [0.15, 0.2) is 0 Å². The average molecular weight is 415 g/mol. The summed E-state index contributed by atoms with van der Waals surface area (Å²) in [5.74, 6) is 1.01. The Balaban J connectivity index is 1.86. The number of benzene rings is 2. The summed E-state index contributed by atoms with van der Waals surface area (Å²) in [7, 11) is 0. The molecule has 0 bridgehead atoms. The Labute approximate surface area is 164 Å². The second-order valence-electron chi connectivity index (χ2n) is 5.89. The maximum atomic E-state index is 12.2. The number of hydrogen-bond donors (Lipinski definition) is 0. The largest absolute Gasteiger partial charge is 0.493 e. The van der Waals surface area contributed by atoms with Gasteiger partial charge in [0.05, 0.1) is 18.1 Å². The first-order chi connectivity index (χ1) is 12.7. The lowest BCUT2D eigenvalue weighted by atomic mass is 10.2. The van der Waals surface area contributed by atoms with E-state index in [4.69, 9.17) is 27.9 Å². The quantitative estimate of drug-likeness (QED) is 0.477. The highest BCUT2D eigenvalue weighted by atomic mass is 35.5. The van der Waals surface area contributed by atoms with E-state index in [1.165, 1.54) is 0 Å². The predicted molar refractivity (Wildman–Crippen MR) is 99.9 cm³/mol. The lowest BCUT2D eigenvalue weighted by Gasteiger charge is -2.13. The monoisotopic (exact) mass is 414 g/mol. The minimum atomic E-state index is -4.24. The highest BCUT2D eigenvalue weighted by Gasteiger charge is 2.26. The van der Waals surface area contributed by atoms with Crippen LogP contribution in [0.25, 0.3) is 17.1 Å². The number of imidazole rings is 1. The van der Waals surface area contributed by atoms with Gasteiger partial charge in [-0.3, -0.25) is 4.57 Å². The van der Waals surface area contributed by atoms with Crippen LogP contribution in [0, 0.1) is 6.92 Å². The lowest BCUT2D eigenvalue weighted by Crippen LogP contribution is -2.13. The van der Waals surface area contributed by atoms with Crippen LogP contribution in [0.5, 0.6) is 5.75 Å². The number of ether oxygens (including phenoxy) is 1. The number of alkyl halides is 3. The third kappa shape index (κ3) is 4.76. The van der Waals surface area contributed by atoms with Gasteiger partial charge in [0, 0.05) is 28.2 Å². The summed E-state index contributed by atoms with van der Waals surface area (Å²) in [5.41, 5.74) is 2.38. The maximum absolute atomic E-state index is 12.2. The fourth-order valence-electron chi connectivity index (χ4n) is 2.60. The van der Waals surface area contributed by atoms with Crippen molar-refractivity contribution in [3.63, 3.8) is 0 Å². The standard InChI is InChI=1S/C19H15Cl2F3N2O/c1-12-11-25-18(16-7-2-13(20)10-17(16)21)26(12)14-3-5-15(6-4-14)27-9-8-19(22,23)24/h2-7,10-11H,8-9H2,1H3. The van der Waals surface area contributed by atoms with Gasteiger partial charge in [0.1, 0.15) is 11.6 Å². The summed E-state index contributed by atoms with van der Waals surface area (Å²) >= 11 is 12.3. The van der Waals surface area contributed by atoms with Gasteiger partial charge in [-0.2, -0.15) is 13.2 Å². The van der Waals surface area contributed by atoms with Crippen LogP contribution in [-0.4, -0.2) is 22.3 Å². The molecule has 1 aromatic heterocycles. The molecule has 0 aliphatic carbocycles. The smallest absolute Gasteiger partial charge is 0.392 e. The zero-order chi connectivity index (χ0) is 19.6. The normalized spacial score (nSPS) is 11.6. The first kappa shape index (κ1) is 19.6. The van der Waals surface area contributed by atoms with E-state index < -0.39 is 19.2 Å². The third-order valence-electron chi connectivity index (χ3n) is 3.86. The van der Waals surface area contributed by atoms with E-state index in [0.29, 0.717) is 21.6 Å². The second-order valence-corrected chi connectivity index (χ2v) is 6.73. The second kappa shape index (κ2) is 7.82. The molecular weight excluding hydrogens is 400 g/mol. The average Bonchev–Trinajstić information content (AvgIpc) is 2.96. The van der Waals surface area contributed by atoms with Crippen LogP contribution in [0.2, 0.25) is 10.0 Å². The highest BCUT2D eigenvalue weighted by molar-refractivity contribution is 6.36. The topological polar surface area (TPSA) is 27.1 Å². The Kier molecular flexibility index (Phi) is 5.67. The van der Waals surface area contributed by atoms with Crippen LogP contribution in [-0.2, 0) is 0 Å². The molecule has 0 aliphatic rings. The number of nitrogens with zero attached hydrogens (tertiary/aromatic N) is 2. The van der Waals surface area contributed by atoms with Gasteiger partial charge in [0.2, 0.25) is 0 Å². The van der Waals surface area contributed by atoms with Gasteiger partial charge in [-0.1, -0.05) is 23.2 Å². The Bertz CT molecular complexity index is 937. The van der Waals surface area contributed by atoms with Crippen molar-refractivity contribution >= 4 is 23.2 Å². The molecule has 8 heteroatoms. The number of rotatable bonds is 5. The van der Waals surface area contributed by atoms with Crippen LogP contribution in [0.1, 0.15) is 12.1 Å². The van der Waals surface area contributed by atoms with Crippen LogP contribution in [0.4, 0.5) is 13.2 Å². The Hall–Kier alpha value is -2.18. The van der Waals surface area contributed by atoms with Crippen LogP contribution >= 0.6 is 23.2 Å². The maximum Gasteiger partial charge on any atom is 0.392 e. The summed E-state index contributed by atoms with van der Waals surface area (Å²) in [6.07, 6.45) is -3.51. The molecule has 0 radical (unpaired) electrons. The Morgan fingerprint density at radius 3 is 2.41 bits per heavy atom. The molecule has 0 aliphatic heterocycles. The predicted octanol–water partition coefficient (Wildman–Crippen LogP) is 6.49. The minimum Gasteiger partial charge on any atom is -0.493 e. The molecule has 3 nitrogen and oxygen atoms in total. The number of aromatic nitrogens is 2. The van der Waals surface area contributed by atoms with Crippen molar-refractivity contribution in [2.45, 2.75) is 19.5 Å². The third-order valence-corrected chi connectivity index (χ3v) is 4.41. The number of halogens is 5. The molecule has 0 N–H and O–H groups in total. The molecule has 1 heterocycles. The van der Waals surface area contributed by atoms with E-state index in [0.717, 1.165) is 16.9 Å². The molecule has 27 heavy (non-hydrogen) atoms. The number of hydrogen-bond acceptors (Lipinski definition) is 2. The fourth-order valence-corrected chi connectivity index (χ4v) is 3.09. The zero-order valence-electron chi connectivity index (χ0n) is 14.2. The minimum absolute atomic E-state index is 0.367. The van der Waals surface area contributed by atoms with Crippen LogP contribution in [0.15, 0.2) is 48.7 Å². The summed E-state index contributed by atoms with van der Waals surface area (Å²) in [5, 5.41) is 1.00. The fraction of sp³-hybridized carbons (Fsp3) is 0.211. The van der Waals surface area contributed by atoms with Gasteiger partial charge in [-0.15, -0.1) is 0 Å². The first-order valence-corrected chi connectivity index (χ1v) is 8.80. The molecule has 0 amide bonds. The van der Waals surface area contributed by atoms with E-state index in [1.54, 1.807) is 48.7 Å². The summed E-state index contributed by atoms with van der Waals surface area (Å²) in [6, 6.07) is 11.9. The molecule has 0 fully saturated rings. The molecule has 0 spiro atoms. The molecule has 2 aromatic carbocycles. The van der Waals surface area contributed by atoms with Crippen molar-refractivity contribution in [2.24, 2.45) is 0 Å². The van der Waals surface area contributed by atoms with Crippen LogP contribution < -0.4 is 4.74 Å². The zero-order valence-corrected chi connectivity index (χ0v) is 15.7. The Morgan fingerprint density at radius 2 is 1.78 bits per heavy atom. The molecule has 0 unspecified atom stereocenters. The van der Waals surface area contributed by atoms with Gasteiger partial charge in [-0.25, -0.2) is 4.98 Å². The summed E-state index contributed by atoms with van der Waals surface area (Å²) in [4.78, 5) is 4.43. The molecule has 142 valence electrons. The van der Waals surface area contributed by atoms with Gasteiger partial charge >= 0.3 is 6.18 Å². The van der Waals surface area contributed by atoms with Crippen molar-refractivity contribution in [3.8, 4) is 22.8 Å². The van der Waals surface area contributed by atoms with Crippen molar-refractivity contribution in [2.75, 3.05) is 6.61 Å². The van der Waals surface area contributed by atoms with Crippen molar-refractivity contribution in [3.05, 3.63) is 64.4 Å². The SMILES string of the molecule is Cc1cnc(-c2ccc(Cl)cc2Cl)n1-c1ccc(OCCC(F)(F)F)cc1. The molecule has 3 rings (SSSR count). The molecule has 0 atom stereocenters. The molecule has 0 saturated heterocycles. The van der Waals surface area contributed by atoms with E-state index >= 15 is 0 Å². The van der Waals surface area contributed by atoms with E-state index in [1.807, 2.05) is 11.5 Å². The molecular formula is C19H15Cl2F3N2O. The van der Waals surface area contributed by atoms with Gasteiger partial charge in [-0.05, 0) is 49.4 Å². The van der Waals surface area contributed by atoms with E-state index in [9.17, 15) is 13.2 Å². The highest BCUT2D eigenvalue weighted by Crippen LogP contribution is 2.32. The van der Waals surface area contributed by atoms with Crippen molar-refractivity contribution < 1.29 is 17.9 Å². The summed E-state index contributed by atoms with van der Waals surface area (Å²) in [6.45, 7) is 1.48. The van der Waals surface area contributed by atoms with Crippen LogP contribution in [0.3, 0.4) is 0 Å². The summed E-state index contributed by atoms with van der Waals surface area (Å²) < 4.78 is 43.7. The molecule has 0 saturated carbocycles. The van der Waals surface area contributed by atoms with E-state index in [-0.39, 0.29) is 0 Å². The molecule has 3 aromatic rings. The van der Waals surface area contributed by atoms with Crippen molar-refractivity contribution in [1.29, 1.82) is 0 Å². The Morgan fingerprint density at radius 1 is 1.07 bits per heavy atom. The lowest BCUT2D eigenvalue weighted by molar-refractivity contribution is -0.139.